The molecule has 100 valence electrons. The molecule has 2 N–H and O–H groups in total. The summed E-state index contributed by atoms with van der Waals surface area (Å²) in [5, 5.41) is 9.32. The Kier molecular flexibility index (Phi) is 2.54. The fourth-order valence-electron chi connectivity index (χ4n) is 2.02. The number of amides is 1. The molecule has 3 rings (SSSR count). The standard InChI is InChI=1S/C12H7N3O4S/c16-9-6-3-1-2-4-7(6)11(20)14(9)8-5-13-12(18)15(19)10(8)17/h1-5,19H,(H,13,18). The molecule has 20 heavy (non-hydrogen) atoms. The van der Waals surface area contributed by atoms with Crippen LogP contribution in [0, 0.1) is 0 Å². The predicted octanol–water partition coefficient (Wildman–Crippen LogP) is 0.110. The number of hydrogen-bond donors (Lipinski definition) is 2. The number of aromatic nitrogens is 2. The molecule has 1 amide bonds. The van der Waals surface area contributed by atoms with Crippen LogP contribution >= 0.6 is 12.2 Å². The fraction of sp³-hybridized carbons (Fsp3) is 0. The molecule has 0 unspecified atom stereocenters. The van der Waals surface area contributed by atoms with Gasteiger partial charge in [0.05, 0.1) is 5.56 Å². The Bertz CT molecular complexity index is 832. The summed E-state index contributed by atoms with van der Waals surface area (Å²) in [6.07, 6.45) is 1.05. The van der Waals surface area contributed by atoms with Crippen LogP contribution in [0.1, 0.15) is 15.9 Å². The van der Waals surface area contributed by atoms with Crippen molar-refractivity contribution >= 4 is 28.8 Å². The lowest BCUT2D eigenvalue weighted by Crippen LogP contribution is -2.40. The Labute approximate surface area is 116 Å². The molecule has 0 bridgehead atoms. The number of benzene rings is 1. The molecule has 0 fully saturated rings. The van der Waals surface area contributed by atoms with Gasteiger partial charge in [-0.25, -0.2) is 4.79 Å². The lowest BCUT2D eigenvalue weighted by molar-refractivity contribution is 0.101. The third-order valence-electron chi connectivity index (χ3n) is 2.97. The van der Waals surface area contributed by atoms with Crippen molar-refractivity contribution in [2.75, 3.05) is 4.90 Å². The zero-order valence-electron chi connectivity index (χ0n) is 9.86. The summed E-state index contributed by atoms with van der Waals surface area (Å²) < 4.78 is -0.103. The zero-order valence-corrected chi connectivity index (χ0v) is 10.7. The number of hydrogen-bond acceptors (Lipinski definition) is 5. The molecule has 0 spiro atoms. The van der Waals surface area contributed by atoms with E-state index in [1.54, 1.807) is 24.3 Å². The van der Waals surface area contributed by atoms with Gasteiger partial charge < -0.3 is 10.2 Å². The molecule has 1 aliphatic heterocycles. The second-order valence-electron chi connectivity index (χ2n) is 4.09. The van der Waals surface area contributed by atoms with Crippen LogP contribution < -0.4 is 16.1 Å². The lowest BCUT2D eigenvalue weighted by Gasteiger charge is -2.14. The van der Waals surface area contributed by atoms with E-state index in [2.05, 4.69) is 4.98 Å². The first kappa shape index (κ1) is 12.3. The largest absolute Gasteiger partial charge is 0.421 e. The van der Waals surface area contributed by atoms with Gasteiger partial charge in [0.25, 0.3) is 5.91 Å². The summed E-state index contributed by atoms with van der Waals surface area (Å²) in [5.41, 5.74) is -1.32. The van der Waals surface area contributed by atoms with Gasteiger partial charge >= 0.3 is 11.2 Å². The second kappa shape index (κ2) is 4.14. The van der Waals surface area contributed by atoms with Crippen molar-refractivity contribution in [3.63, 3.8) is 0 Å². The van der Waals surface area contributed by atoms with Crippen molar-refractivity contribution in [2.24, 2.45) is 0 Å². The molecule has 1 aromatic heterocycles. The first-order valence-electron chi connectivity index (χ1n) is 5.54. The van der Waals surface area contributed by atoms with Crippen LogP contribution in [-0.4, -0.2) is 25.8 Å². The fourth-order valence-corrected chi connectivity index (χ4v) is 2.38. The minimum Gasteiger partial charge on any atom is -0.421 e. The van der Waals surface area contributed by atoms with E-state index in [-0.39, 0.29) is 15.4 Å². The lowest BCUT2D eigenvalue weighted by atomic mass is 10.1. The Morgan fingerprint density at radius 1 is 1.10 bits per heavy atom. The number of carbonyl (C=O) groups is 1. The van der Waals surface area contributed by atoms with Crippen LogP contribution in [0.5, 0.6) is 0 Å². The maximum Gasteiger partial charge on any atom is 0.361 e. The summed E-state index contributed by atoms with van der Waals surface area (Å²) in [5.74, 6) is -0.477. The van der Waals surface area contributed by atoms with Gasteiger partial charge in [0, 0.05) is 11.8 Å². The normalized spacial score (nSPS) is 13.7. The molecule has 2 aromatic rings. The molecule has 0 radical (unpaired) electrons. The maximum absolute atomic E-state index is 12.3. The molecule has 1 aliphatic rings. The number of anilines is 1. The Morgan fingerprint density at radius 3 is 2.40 bits per heavy atom. The number of nitrogens with zero attached hydrogens (tertiary/aromatic N) is 2. The van der Waals surface area contributed by atoms with Crippen LogP contribution in [0.2, 0.25) is 0 Å². The highest BCUT2D eigenvalue weighted by molar-refractivity contribution is 7.81. The van der Waals surface area contributed by atoms with E-state index in [1.807, 2.05) is 0 Å². The van der Waals surface area contributed by atoms with Crippen LogP contribution in [0.3, 0.4) is 0 Å². The highest BCUT2D eigenvalue weighted by Crippen LogP contribution is 2.26. The average molecular weight is 289 g/mol. The van der Waals surface area contributed by atoms with Crippen LogP contribution in [0.15, 0.2) is 40.1 Å². The van der Waals surface area contributed by atoms with Crippen molar-refractivity contribution in [3.8, 4) is 0 Å². The highest BCUT2D eigenvalue weighted by Gasteiger charge is 2.35. The predicted molar refractivity (Wildman–Crippen MR) is 73.5 cm³/mol. The first-order chi connectivity index (χ1) is 9.52. The molecular weight excluding hydrogens is 282 g/mol. The number of aromatic amines is 1. The molecule has 2 heterocycles. The second-order valence-corrected chi connectivity index (χ2v) is 4.47. The van der Waals surface area contributed by atoms with E-state index >= 15 is 0 Å². The third kappa shape index (κ3) is 1.51. The number of rotatable bonds is 1. The monoisotopic (exact) mass is 289 g/mol. The molecular formula is C12H7N3O4S. The molecule has 0 saturated carbocycles. The van der Waals surface area contributed by atoms with Gasteiger partial charge in [-0.05, 0) is 6.07 Å². The number of thiocarbonyl (C=S) groups is 1. The summed E-state index contributed by atoms with van der Waals surface area (Å²) in [6, 6.07) is 6.66. The van der Waals surface area contributed by atoms with E-state index in [0.29, 0.717) is 11.1 Å². The number of fused-ring (bicyclic) bond motifs is 1. The molecule has 0 saturated heterocycles. The van der Waals surface area contributed by atoms with Gasteiger partial charge in [-0.2, -0.15) is 0 Å². The van der Waals surface area contributed by atoms with Crippen molar-refractivity contribution in [2.45, 2.75) is 0 Å². The number of H-pyrrole nitrogens is 1. The summed E-state index contributed by atoms with van der Waals surface area (Å²) in [6.45, 7) is 0. The Morgan fingerprint density at radius 2 is 1.75 bits per heavy atom. The molecule has 0 atom stereocenters. The molecule has 7 nitrogen and oxygen atoms in total. The summed E-state index contributed by atoms with van der Waals surface area (Å²) >= 11 is 5.17. The van der Waals surface area contributed by atoms with Crippen LogP contribution in [0.4, 0.5) is 5.69 Å². The minimum atomic E-state index is -1.02. The summed E-state index contributed by atoms with van der Waals surface area (Å²) in [7, 11) is 0. The Hall–Kier alpha value is -2.74. The van der Waals surface area contributed by atoms with E-state index < -0.39 is 17.2 Å². The zero-order chi connectivity index (χ0) is 14.4. The number of nitrogens with one attached hydrogen (secondary N) is 1. The minimum absolute atomic E-state index is 0.103. The summed E-state index contributed by atoms with van der Waals surface area (Å²) in [4.78, 5) is 38.5. The van der Waals surface area contributed by atoms with E-state index in [0.717, 1.165) is 11.1 Å². The molecule has 0 aliphatic carbocycles. The van der Waals surface area contributed by atoms with Gasteiger partial charge in [-0.1, -0.05) is 35.1 Å². The molecule has 8 heteroatoms. The van der Waals surface area contributed by atoms with Crippen LogP contribution in [-0.2, 0) is 0 Å². The van der Waals surface area contributed by atoms with Crippen molar-refractivity contribution in [1.29, 1.82) is 0 Å². The van der Waals surface area contributed by atoms with Gasteiger partial charge in [-0.15, -0.1) is 0 Å². The Balaban J connectivity index is 2.22. The first-order valence-corrected chi connectivity index (χ1v) is 5.95. The van der Waals surface area contributed by atoms with E-state index in [9.17, 15) is 19.6 Å². The van der Waals surface area contributed by atoms with Gasteiger partial charge in [0.15, 0.2) is 0 Å². The van der Waals surface area contributed by atoms with Crippen molar-refractivity contribution in [1.82, 2.24) is 9.71 Å². The SMILES string of the molecule is O=C1c2ccccc2C(=S)N1c1c[nH]c(=O)n(O)c1=O. The smallest absolute Gasteiger partial charge is 0.361 e. The highest BCUT2D eigenvalue weighted by atomic mass is 32.1. The topological polar surface area (TPSA) is 95.4 Å². The van der Waals surface area contributed by atoms with Gasteiger partial charge in [-0.3, -0.25) is 14.5 Å². The van der Waals surface area contributed by atoms with Gasteiger partial charge in [0.1, 0.15) is 10.7 Å². The average Bonchev–Trinajstić information content (AvgIpc) is 2.70. The quantitative estimate of drug-likeness (QED) is 0.574. The van der Waals surface area contributed by atoms with Gasteiger partial charge in [0.2, 0.25) is 0 Å². The van der Waals surface area contributed by atoms with E-state index in [4.69, 9.17) is 12.2 Å². The van der Waals surface area contributed by atoms with Crippen LogP contribution in [0.25, 0.3) is 0 Å². The van der Waals surface area contributed by atoms with Crippen molar-refractivity contribution in [3.05, 3.63) is 62.4 Å². The van der Waals surface area contributed by atoms with E-state index in [1.165, 1.54) is 0 Å². The number of carbonyl (C=O) groups excluding carboxylic acids is 1. The molecule has 1 aromatic carbocycles. The van der Waals surface area contributed by atoms with Crippen molar-refractivity contribution < 1.29 is 10.0 Å². The third-order valence-corrected chi connectivity index (χ3v) is 3.37. The maximum atomic E-state index is 12.3.